The minimum absolute atomic E-state index is 0.192. The highest BCUT2D eigenvalue weighted by Gasteiger charge is 2.06. The van der Waals surface area contributed by atoms with Gasteiger partial charge in [0, 0.05) is 12.6 Å². The molecule has 2 aromatic rings. The fourth-order valence-corrected chi connectivity index (χ4v) is 1.69. The molecule has 0 unspecified atom stereocenters. The van der Waals surface area contributed by atoms with E-state index in [0.717, 1.165) is 16.7 Å². The molecule has 2 heterocycles. The molecule has 2 aromatic heterocycles. The second-order valence-corrected chi connectivity index (χ2v) is 4.46. The average molecular weight is 318 g/mol. The Balaban J connectivity index is 2.04. The first-order valence-corrected chi connectivity index (χ1v) is 6.21. The van der Waals surface area contributed by atoms with Gasteiger partial charge in [0.15, 0.2) is 0 Å². The molecule has 0 aromatic carbocycles. The van der Waals surface area contributed by atoms with Crippen LogP contribution < -0.4 is 5.32 Å². The van der Waals surface area contributed by atoms with Crippen molar-refractivity contribution in [3.63, 3.8) is 0 Å². The number of halogens is 2. The molecule has 0 radical (unpaired) electrons. The predicted octanol–water partition coefficient (Wildman–Crippen LogP) is 3.06. The van der Waals surface area contributed by atoms with Crippen molar-refractivity contribution in [2.45, 2.75) is 19.9 Å². The van der Waals surface area contributed by atoms with Crippen LogP contribution in [0.5, 0.6) is 0 Å². The quantitative estimate of drug-likeness (QED) is 0.878. The molecule has 0 saturated carbocycles. The molecule has 0 aliphatic heterocycles. The van der Waals surface area contributed by atoms with Gasteiger partial charge in [-0.25, -0.2) is 9.97 Å². The molecule has 0 bridgehead atoms. The minimum Gasteiger partial charge on any atom is -0.444 e. The molecular formula is C10H10BrClN4O. The summed E-state index contributed by atoms with van der Waals surface area (Å²) < 4.78 is 6.20. The number of nitrogens with one attached hydrogen (secondary N) is 1. The summed E-state index contributed by atoms with van der Waals surface area (Å²) in [5, 5.41) is 3.26. The van der Waals surface area contributed by atoms with E-state index >= 15 is 0 Å². The zero-order valence-corrected chi connectivity index (χ0v) is 11.4. The fraction of sp³-hybridized carbons (Fsp3) is 0.300. The molecule has 17 heavy (non-hydrogen) atoms. The summed E-state index contributed by atoms with van der Waals surface area (Å²) in [6.07, 6.45) is 4.14. The summed E-state index contributed by atoms with van der Waals surface area (Å²) in [5.41, 5.74) is 0. The highest BCUT2D eigenvalue weighted by Crippen LogP contribution is 2.20. The van der Waals surface area contributed by atoms with Gasteiger partial charge in [-0.05, 0) is 27.5 Å². The average Bonchev–Trinajstić information content (AvgIpc) is 2.78. The number of nitrogens with zero attached hydrogens (tertiary/aromatic N) is 3. The number of hydrogen-bond donors (Lipinski definition) is 1. The summed E-state index contributed by atoms with van der Waals surface area (Å²) in [7, 11) is 0. The van der Waals surface area contributed by atoms with E-state index in [1.807, 2.05) is 6.92 Å². The Morgan fingerprint density at radius 1 is 1.41 bits per heavy atom. The molecule has 0 spiro atoms. The zero-order chi connectivity index (χ0) is 12.3. The number of hydrogen-bond acceptors (Lipinski definition) is 5. The van der Waals surface area contributed by atoms with Crippen LogP contribution in [0.4, 0.5) is 5.82 Å². The number of rotatable bonds is 4. The first-order valence-electron chi connectivity index (χ1n) is 5.04. The van der Waals surface area contributed by atoms with Gasteiger partial charge in [0.05, 0.1) is 17.2 Å². The molecule has 1 N–H and O–H groups in total. The van der Waals surface area contributed by atoms with Gasteiger partial charge in [-0.1, -0.05) is 6.92 Å². The normalized spacial score (nSPS) is 10.5. The molecule has 2 rings (SSSR count). The summed E-state index contributed by atoms with van der Waals surface area (Å²) in [5.74, 6) is 2.09. The van der Waals surface area contributed by atoms with Crippen molar-refractivity contribution >= 4 is 33.3 Å². The van der Waals surface area contributed by atoms with Crippen molar-refractivity contribution in [1.82, 2.24) is 15.0 Å². The molecule has 7 heteroatoms. The van der Waals surface area contributed by atoms with Crippen LogP contribution in [-0.2, 0) is 13.0 Å². The van der Waals surface area contributed by atoms with Crippen LogP contribution in [0.3, 0.4) is 0 Å². The van der Waals surface area contributed by atoms with Crippen molar-refractivity contribution in [2.24, 2.45) is 0 Å². The molecule has 0 aliphatic rings. The third-order valence-electron chi connectivity index (χ3n) is 2.07. The lowest BCUT2D eigenvalue weighted by molar-refractivity contribution is 0.465. The second kappa shape index (κ2) is 5.46. The highest BCUT2D eigenvalue weighted by molar-refractivity contribution is 9.10. The zero-order valence-electron chi connectivity index (χ0n) is 9.07. The van der Waals surface area contributed by atoms with E-state index in [0.29, 0.717) is 18.3 Å². The highest BCUT2D eigenvalue weighted by atomic mass is 79.9. The summed E-state index contributed by atoms with van der Waals surface area (Å²) >= 11 is 9.03. The Labute approximate surface area is 112 Å². The lowest BCUT2D eigenvalue weighted by Gasteiger charge is -2.04. The van der Waals surface area contributed by atoms with Crippen LogP contribution in [0.15, 0.2) is 21.3 Å². The molecular weight excluding hydrogens is 307 g/mol. The van der Waals surface area contributed by atoms with Crippen molar-refractivity contribution in [3.05, 3.63) is 33.8 Å². The Hall–Kier alpha value is -1.14. The Bertz CT molecular complexity index is 517. The Kier molecular flexibility index (Phi) is 3.96. The van der Waals surface area contributed by atoms with Crippen molar-refractivity contribution in [2.75, 3.05) is 5.32 Å². The smallest absolute Gasteiger partial charge is 0.224 e. The first-order chi connectivity index (χ1) is 8.19. The van der Waals surface area contributed by atoms with E-state index in [1.165, 1.54) is 0 Å². The van der Waals surface area contributed by atoms with Crippen molar-refractivity contribution in [3.8, 4) is 0 Å². The lowest BCUT2D eigenvalue weighted by atomic mass is 10.4. The summed E-state index contributed by atoms with van der Waals surface area (Å²) in [4.78, 5) is 12.0. The lowest BCUT2D eigenvalue weighted by Crippen LogP contribution is -2.03. The van der Waals surface area contributed by atoms with Crippen LogP contribution in [0.1, 0.15) is 18.6 Å². The fourth-order valence-electron chi connectivity index (χ4n) is 1.22. The van der Waals surface area contributed by atoms with E-state index < -0.39 is 0 Å². The van der Waals surface area contributed by atoms with Crippen LogP contribution in [0.25, 0.3) is 0 Å². The number of anilines is 1. The standard InChI is InChI=1S/C10H10BrClN4O/c1-2-6-3-13-8(17-6)5-14-9-7(11)4-15-10(12)16-9/h3-4H,2,5H2,1H3,(H,14,15,16). The molecule has 90 valence electrons. The summed E-state index contributed by atoms with van der Waals surface area (Å²) in [6, 6.07) is 0. The van der Waals surface area contributed by atoms with Gasteiger partial charge in [0.1, 0.15) is 11.6 Å². The van der Waals surface area contributed by atoms with Gasteiger partial charge >= 0.3 is 0 Å². The molecule has 0 atom stereocenters. The van der Waals surface area contributed by atoms with Crippen LogP contribution in [-0.4, -0.2) is 15.0 Å². The van der Waals surface area contributed by atoms with Crippen LogP contribution in [0, 0.1) is 0 Å². The SMILES string of the molecule is CCc1cnc(CNc2nc(Cl)ncc2Br)o1. The van der Waals surface area contributed by atoms with Gasteiger partial charge in [-0.15, -0.1) is 0 Å². The minimum atomic E-state index is 0.192. The molecule has 0 amide bonds. The molecule has 0 aliphatic carbocycles. The first kappa shape index (κ1) is 12.3. The van der Waals surface area contributed by atoms with Crippen LogP contribution >= 0.6 is 27.5 Å². The molecule has 0 saturated heterocycles. The number of aryl methyl sites for hydroxylation is 1. The van der Waals surface area contributed by atoms with Crippen LogP contribution in [0.2, 0.25) is 5.28 Å². The maximum atomic E-state index is 5.70. The Morgan fingerprint density at radius 2 is 2.24 bits per heavy atom. The summed E-state index contributed by atoms with van der Waals surface area (Å²) in [6.45, 7) is 2.46. The van der Waals surface area contributed by atoms with Gasteiger partial charge in [-0.2, -0.15) is 4.98 Å². The van der Waals surface area contributed by atoms with Crippen molar-refractivity contribution < 1.29 is 4.42 Å². The molecule has 5 nitrogen and oxygen atoms in total. The van der Waals surface area contributed by atoms with Gasteiger partial charge in [0.2, 0.25) is 11.2 Å². The molecule has 0 fully saturated rings. The number of aromatic nitrogens is 3. The van der Waals surface area contributed by atoms with Gasteiger partial charge in [0.25, 0.3) is 0 Å². The van der Waals surface area contributed by atoms with E-state index in [1.54, 1.807) is 12.4 Å². The topological polar surface area (TPSA) is 63.8 Å². The largest absolute Gasteiger partial charge is 0.444 e. The third kappa shape index (κ3) is 3.17. The van der Waals surface area contributed by atoms with E-state index in [2.05, 4.69) is 36.2 Å². The maximum absolute atomic E-state index is 5.70. The second-order valence-electron chi connectivity index (χ2n) is 3.26. The predicted molar refractivity (Wildman–Crippen MR) is 67.9 cm³/mol. The third-order valence-corrected chi connectivity index (χ3v) is 2.83. The van der Waals surface area contributed by atoms with E-state index in [4.69, 9.17) is 16.0 Å². The monoisotopic (exact) mass is 316 g/mol. The Morgan fingerprint density at radius 3 is 2.94 bits per heavy atom. The van der Waals surface area contributed by atoms with E-state index in [-0.39, 0.29) is 5.28 Å². The van der Waals surface area contributed by atoms with E-state index in [9.17, 15) is 0 Å². The van der Waals surface area contributed by atoms with Crippen molar-refractivity contribution in [1.29, 1.82) is 0 Å². The van der Waals surface area contributed by atoms with Gasteiger partial charge in [-0.3, -0.25) is 0 Å². The number of oxazole rings is 1. The van der Waals surface area contributed by atoms with Gasteiger partial charge < -0.3 is 9.73 Å². The maximum Gasteiger partial charge on any atom is 0.224 e.